The molecule has 1 aromatic rings. The molecule has 0 spiro atoms. The first-order valence-electron chi connectivity index (χ1n) is 10.5. The molecule has 0 radical (unpaired) electrons. The molecule has 2 aliphatic rings. The molecule has 172 valence electrons. The van der Waals surface area contributed by atoms with Crippen molar-refractivity contribution in [2.75, 3.05) is 50.5 Å². The molecule has 0 N–H and O–H groups in total. The van der Waals surface area contributed by atoms with Crippen molar-refractivity contribution in [2.45, 2.75) is 50.3 Å². The van der Waals surface area contributed by atoms with E-state index in [2.05, 4.69) is 23.6 Å². The maximum atomic E-state index is 12.7. The SMILES string of the molecule is CCC.CS(=O)(=O)c1cccc(N2CCN(C[C@@H]3CC[C@H](C(F)(F)F)OC3)CC2)c1. The molecule has 0 unspecified atom stereocenters. The zero-order valence-corrected chi connectivity index (χ0v) is 18.8. The summed E-state index contributed by atoms with van der Waals surface area (Å²) >= 11 is 0. The third-order valence-electron chi connectivity index (χ3n) is 5.23. The number of hydrogen-bond donors (Lipinski definition) is 0. The largest absolute Gasteiger partial charge is 0.414 e. The Morgan fingerprint density at radius 3 is 2.23 bits per heavy atom. The summed E-state index contributed by atoms with van der Waals surface area (Å²) in [5.41, 5.74) is 0.881. The van der Waals surface area contributed by atoms with Gasteiger partial charge < -0.3 is 9.64 Å². The quantitative estimate of drug-likeness (QED) is 0.694. The highest BCUT2D eigenvalue weighted by Gasteiger charge is 2.43. The van der Waals surface area contributed by atoms with Gasteiger partial charge in [-0.05, 0) is 37.0 Å². The van der Waals surface area contributed by atoms with Crippen LogP contribution >= 0.6 is 0 Å². The van der Waals surface area contributed by atoms with Crippen LogP contribution in [0.1, 0.15) is 33.1 Å². The lowest BCUT2D eigenvalue weighted by molar-refractivity contribution is -0.236. The van der Waals surface area contributed by atoms with Crippen LogP contribution in [0.4, 0.5) is 18.9 Å². The van der Waals surface area contributed by atoms with Crippen LogP contribution in [0.25, 0.3) is 0 Å². The summed E-state index contributed by atoms with van der Waals surface area (Å²) < 4.78 is 66.4. The summed E-state index contributed by atoms with van der Waals surface area (Å²) in [4.78, 5) is 4.70. The summed E-state index contributed by atoms with van der Waals surface area (Å²) in [6.45, 7) is 8.24. The fourth-order valence-corrected chi connectivity index (χ4v) is 4.33. The van der Waals surface area contributed by atoms with E-state index in [9.17, 15) is 21.6 Å². The molecule has 2 heterocycles. The van der Waals surface area contributed by atoms with E-state index in [0.29, 0.717) is 11.3 Å². The molecule has 9 heteroatoms. The lowest BCUT2D eigenvalue weighted by Gasteiger charge is -2.39. The lowest BCUT2D eigenvalue weighted by Crippen LogP contribution is -2.49. The highest BCUT2D eigenvalue weighted by atomic mass is 32.2. The lowest BCUT2D eigenvalue weighted by atomic mass is 9.97. The Hall–Kier alpha value is -1.32. The van der Waals surface area contributed by atoms with Gasteiger partial charge in [-0.1, -0.05) is 26.3 Å². The summed E-state index contributed by atoms with van der Waals surface area (Å²) in [6, 6.07) is 6.93. The van der Waals surface area contributed by atoms with Crippen molar-refractivity contribution in [1.29, 1.82) is 0 Å². The molecule has 2 atom stereocenters. The first-order valence-corrected chi connectivity index (χ1v) is 12.4. The van der Waals surface area contributed by atoms with E-state index in [1.807, 2.05) is 6.07 Å². The number of benzene rings is 1. The fraction of sp³-hybridized carbons (Fsp3) is 0.714. The van der Waals surface area contributed by atoms with Crippen LogP contribution in [0.3, 0.4) is 0 Å². The van der Waals surface area contributed by atoms with Crippen LogP contribution in [0.5, 0.6) is 0 Å². The van der Waals surface area contributed by atoms with Crippen molar-refractivity contribution < 1.29 is 26.3 Å². The summed E-state index contributed by atoms with van der Waals surface area (Å²) in [6.07, 6.45) is -2.88. The van der Waals surface area contributed by atoms with Crippen LogP contribution in [0.2, 0.25) is 0 Å². The van der Waals surface area contributed by atoms with E-state index in [1.54, 1.807) is 18.2 Å². The molecular weight excluding hydrogens is 417 g/mol. The van der Waals surface area contributed by atoms with E-state index in [0.717, 1.165) is 38.4 Å². The average molecular weight is 451 g/mol. The molecule has 0 aromatic heterocycles. The molecule has 2 fully saturated rings. The Morgan fingerprint density at radius 2 is 1.73 bits per heavy atom. The number of hydrogen-bond acceptors (Lipinski definition) is 5. The summed E-state index contributed by atoms with van der Waals surface area (Å²) in [5, 5.41) is 0. The second kappa shape index (κ2) is 10.8. The van der Waals surface area contributed by atoms with Crippen LogP contribution in [0.15, 0.2) is 29.2 Å². The number of piperazine rings is 1. The van der Waals surface area contributed by atoms with Crippen LogP contribution in [-0.4, -0.2) is 71.2 Å². The first kappa shape index (κ1) is 24.9. The molecule has 0 bridgehead atoms. The number of anilines is 1. The number of halogens is 3. The van der Waals surface area contributed by atoms with Gasteiger partial charge in [0.2, 0.25) is 0 Å². The van der Waals surface area contributed by atoms with E-state index in [-0.39, 0.29) is 18.9 Å². The minimum Gasteiger partial charge on any atom is -0.369 e. The van der Waals surface area contributed by atoms with Crippen molar-refractivity contribution >= 4 is 15.5 Å². The van der Waals surface area contributed by atoms with Gasteiger partial charge in [0.05, 0.1) is 11.5 Å². The smallest absolute Gasteiger partial charge is 0.369 e. The molecule has 0 aliphatic carbocycles. The first-order chi connectivity index (χ1) is 14.0. The zero-order valence-electron chi connectivity index (χ0n) is 18.0. The molecule has 3 rings (SSSR count). The molecule has 5 nitrogen and oxygen atoms in total. The minimum atomic E-state index is -4.27. The predicted octanol–water partition coefficient (Wildman–Crippen LogP) is 3.99. The molecule has 2 saturated heterocycles. The zero-order chi connectivity index (χ0) is 22.4. The summed E-state index contributed by atoms with van der Waals surface area (Å²) in [5.74, 6) is 0.128. The van der Waals surface area contributed by atoms with E-state index >= 15 is 0 Å². The maximum absolute atomic E-state index is 12.7. The van der Waals surface area contributed by atoms with Gasteiger partial charge in [0.25, 0.3) is 0 Å². The molecule has 2 aliphatic heterocycles. The normalized spacial score (nSPS) is 23.6. The van der Waals surface area contributed by atoms with Crippen molar-refractivity contribution in [1.82, 2.24) is 4.90 Å². The maximum Gasteiger partial charge on any atom is 0.414 e. The molecular formula is C21H33F3N2O3S. The van der Waals surface area contributed by atoms with Crippen LogP contribution < -0.4 is 4.90 Å². The number of sulfone groups is 1. The monoisotopic (exact) mass is 450 g/mol. The number of alkyl halides is 3. The van der Waals surface area contributed by atoms with E-state index in [1.165, 1.54) is 12.7 Å². The molecule has 1 aromatic carbocycles. The fourth-order valence-electron chi connectivity index (χ4n) is 3.67. The minimum absolute atomic E-state index is 0.0341. The van der Waals surface area contributed by atoms with Crippen molar-refractivity contribution in [3.8, 4) is 0 Å². The van der Waals surface area contributed by atoms with Gasteiger partial charge in [-0.25, -0.2) is 8.42 Å². The van der Waals surface area contributed by atoms with Crippen LogP contribution in [0, 0.1) is 5.92 Å². The number of rotatable bonds is 4. The van der Waals surface area contributed by atoms with E-state index in [4.69, 9.17) is 4.74 Å². The van der Waals surface area contributed by atoms with Gasteiger partial charge in [-0.2, -0.15) is 13.2 Å². The predicted molar refractivity (Wildman–Crippen MR) is 113 cm³/mol. The Labute approximate surface area is 178 Å². The highest BCUT2D eigenvalue weighted by molar-refractivity contribution is 7.90. The standard InChI is InChI=1S/C18H25F3N2O3S.C3H8/c1-27(24,25)16-4-2-3-15(11-16)23-9-7-22(8-10-23)12-14-5-6-17(26-13-14)18(19,20)21;1-3-2/h2-4,11,14,17H,5-10,12-13H2,1H3;3H2,1-2H3/t14-,17+;/m0./s1. The van der Waals surface area contributed by atoms with Crippen LogP contribution in [-0.2, 0) is 14.6 Å². The van der Waals surface area contributed by atoms with Crippen molar-refractivity contribution in [2.24, 2.45) is 5.92 Å². The van der Waals surface area contributed by atoms with Gasteiger partial charge in [-0.15, -0.1) is 0 Å². The second-order valence-electron chi connectivity index (χ2n) is 8.07. The molecule has 30 heavy (non-hydrogen) atoms. The van der Waals surface area contributed by atoms with Crippen molar-refractivity contribution in [3.63, 3.8) is 0 Å². The number of ether oxygens (including phenoxy) is 1. The van der Waals surface area contributed by atoms with Crippen molar-refractivity contribution in [3.05, 3.63) is 24.3 Å². The molecule has 0 amide bonds. The second-order valence-corrected chi connectivity index (χ2v) is 10.1. The highest BCUT2D eigenvalue weighted by Crippen LogP contribution is 2.32. The third-order valence-corrected chi connectivity index (χ3v) is 6.35. The molecule has 0 saturated carbocycles. The van der Waals surface area contributed by atoms with Gasteiger partial charge >= 0.3 is 6.18 Å². The van der Waals surface area contributed by atoms with Gasteiger partial charge in [0, 0.05) is 44.7 Å². The van der Waals surface area contributed by atoms with Gasteiger partial charge in [0.15, 0.2) is 15.9 Å². The Kier molecular flexibility index (Phi) is 8.99. The average Bonchev–Trinajstić information content (AvgIpc) is 2.68. The number of nitrogens with zero attached hydrogens (tertiary/aromatic N) is 2. The summed E-state index contributed by atoms with van der Waals surface area (Å²) in [7, 11) is -3.24. The Bertz CT molecular complexity index is 755. The van der Waals surface area contributed by atoms with Gasteiger partial charge in [0.1, 0.15) is 0 Å². The topological polar surface area (TPSA) is 49.9 Å². The Balaban J connectivity index is 0.00000101. The van der Waals surface area contributed by atoms with E-state index < -0.39 is 22.1 Å². The third kappa shape index (κ3) is 7.42. The Morgan fingerprint density at radius 1 is 1.10 bits per heavy atom. The van der Waals surface area contributed by atoms with Gasteiger partial charge in [-0.3, -0.25) is 4.90 Å².